The van der Waals surface area contributed by atoms with Crippen molar-refractivity contribution in [3.05, 3.63) is 34.3 Å². The average molecular weight is 267 g/mol. The number of nitro groups is 1. The largest absolute Gasteiger partial charge is 0.440 e. The molecule has 7 heteroatoms. The Balaban J connectivity index is 2.06. The first-order chi connectivity index (χ1) is 8.70. The van der Waals surface area contributed by atoms with Gasteiger partial charge in [-0.15, -0.1) is 0 Å². The van der Waals surface area contributed by atoms with E-state index in [2.05, 4.69) is 10.3 Å². The number of rotatable bonds is 6. The highest BCUT2D eigenvalue weighted by molar-refractivity contribution is 7.18. The Hall–Kier alpha value is -1.73. The molecule has 2 aromatic heterocycles. The number of thiophene rings is 1. The number of nitrogens with one attached hydrogen (secondary N) is 1. The summed E-state index contributed by atoms with van der Waals surface area (Å²) in [5.74, 6) is 1.25. The SMILES string of the molecule is CNCCCc1ncc(-c2ccc([N+](=O)[O-])s2)o1. The van der Waals surface area contributed by atoms with Gasteiger partial charge in [-0.05, 0) is 26.1 Å². The van der Waals surface area contributed by atoms with Crippen LogP contribution in [-0.2, 0) is 6.42 Å². The van der Waals surface area contributed by atoms with Crippen molar-refractivity contribution >= 4 is 16.3 Å². The predicted molar refractivity (Wildman–Crippen MR) is 68.7 cm³/mol. The molecule has 0 saturated heterocycles. The van der Waals surface area contributed by atoms with Crippen molar-refractivity contribution in [3.63, 3.8) is 0 Å². The van der Waals surface area contributed by atoms with Crippen molar-refractivity contribution in [1.29, 1.82) is 0 Å². The second kappa shape index (κ2) is 5.74. The molecule has 1 N–H and O–H groups in total. The highest BCUT2D eigenvalue weighted by atomic mass is 32.1. The van der Waals surface area contributed by atoms with E-state index in [1.54, 1.807) is 12.3 Å². The number of aromatic nitrogens is 1. The van der Waals surface area contributed by atoms with Crippen LogP contribution in [0.1, 0.15) is 12.3 Å². The summed E-state index contributed by atoms with van der Waals surface area (Å²) < 4.78 is 5.56. The molecule has 0 aliphatic rings. The number of oxazole rings is 1. The lowest BCUT2D eigenvalue weighted by Crippen LogP contribution is -2.08. The maximum Gasteiger partial charge on any atom is 0.324 e. The summed E-state index contributed by atoms with van der Waals surface area (Å²) in [7, 11) is 1.89. The Labute approximate surface area is 108 Å². The molecular formula is C11H13N3O3S. The molecule has 0 atom stereocenters. The molecule has 0 fully saturated rings. The smallest absolute Gasteiger partial charge is 0.324 e. The van der Waals surface area contributed by atoms with Crippen molar-refractivity contribution in [2.24, 2.45) is 0 Å². The minimum Gasteiger partial charge on any atom is -0.440 e. The van der Waals surface area contributed by atoms with Gasteiger partial charge in [-0.1, -0.05) is 11.3 Å². The van der Waals surface area contributed by atoms with Gasteiger partial charge in [-0.25, -0.2) is 4.98 Å². The van der Waals surface area contributed by atoms with Crippen molar-refractivity contribution < 1.29 is 9.34 Å². The Kier molecular flexibility index (Phi) is 4.06. The van der Waals surface area contributed by atoms with Crippen LogP contribution in [0.3, 0.4) is 0 Å². The van der Waals surface area contributed by atoms with Gasteiger partial charge in [0, 0.05) is 12.5 Å². The van der Waals surface area contributed by atoms with Crippen molar-refractivity contribution in [2.45, 2.75) is 12.8 Å². The van der Waals surface area contributed by atoms with Gasteiger partial charge in [0.15, 0.2) is 11.7 Å². The molecule has 18 heavy (non-hydrogen) atoms. The molecule has 2 heterocycles. The number of hydrogen-bond acceptors (Lipinski definition) is 6. The third-order valence-electron chi connectivity index (χ3n) is 2.39. The minimum absolute atomic E-state index is 0.109. The zero-order valence-corrected chi connectivity index (χ0v) is 10.7. The summed E-state index contributed by atoms with van der Waals surface area (Å²) in [6.45, 7) is 0.905. The third kappa shape index (κ3) is 2.93. The lowest BCUT2D eigenvalue weighted by atomic mass is 10.3. The van der Waals surface area contributed by atoms with E-state index in [4.69, 9.17) is 4.42 Å². The quantitative estimate of drug-likeness (QED) is 0.494. The molecule has 0 aliphatic heterocycles. The summed E-state index contributed by atoms with van der Waals surface area (Å²) in [6, 6.07) is 3.16. The monoisotopic (exact) mass is 267 g/mol. The lowest BCUT2D eigenvalue weighted by Gasteiger charge is -1.95. The molecule has 2 rings (SSSR count). The van der Waals surface area contributed by atoms with Crippen LogP contribution in [-0.4, -0.2) is 23.5 Å². The fourth-order valence-electron chi connectivity index (χ4n) is 1.51. The van der Waals surface area contributed by atoms with Gasteiger partial charge in [0.25, 0.3) is 0 Å². The van der Waals surface area contributed by atoms with Crippen LogP contribution in [0.5, 0.6) is 0 Å². The lowest BCUT2D eigenvalue weighted by molar-refractivity contribution is -0.380. The highest BCUT2D eigenvalue weighted by Crippen LogP contribution is 2.32. The van der Waals surface area contributed by atoms with Gasteiger partial charge in [-0.3, -0.25) is 10.1 Å². The van der Waals surface area contributed by atoms with Gasteiger partial charge in [0.2, 0.25) is 0 Å². The second-order valence-electron chi connectivity index (χ2n) is 3.72. The van der Waals surface area contributed by atoms with E-state index >= 15 is 0 Å². The van der Waals surface area contributed by atoms with E-state index in [1.165, 1.54) is 6.07 Å². The Morgan fingerprint density at radius 3 is 3.06 bits per heavy atom. The first-order valence-corrected chi connectivity index (χ1v) is 6.36. The molecule has 0 aliphatic carbocycles. The van der Waals surface area contributed by atoms with E-state index in [1.807, 2.05) is 7.05 Å². The topological polar surface area (TPSA) is 81.2 Å². The molecule has 0 spiro atoms. The van der Waals surface area contributed by atoms with E-state index < -0.39 is 4.92 Å². The summed E-state index contributed by atoms with van der Waals surface area (Å²) in [5, 5.41) is 13.7. The van der Waals surface area contributed by atoms with Crippen LogP contribution in [0.25, 0.3) is 10.6 Å². The van der Waals surface area contributed by atoms with E-state index in [0.717, 1.165) is 35.6 Å². The minimum atomic E-state index is -0.404. The third-order valence-corrected chi connectivity index (χ3v) is 3.44. The maximum absolute atomic E-state index is 10.6. The van der Waals surface area contributed by atoms with Crippen LogP contribution in [0, 0.1) is 10.1 Å². The molecule has 0 aromatic carbocycles. The second-order valence-corrected chi connectivity index (χ2v) is 4.78. The Morgan fingerprint density at radius 2 is 2.39 bits per heavy atom. The number of aryl methyl sites for hydroxylation is 1. The van der Waals surface area contributed by atoms with Gasteiger partial charge in [0.05, 0.1) is 16.0 Å². The molecule has 2 aromatic rings. The molecule has 0 radical (unpaired) electrons. The summed E-state index contributed by atoms with van der Waals surface area (Å²) >= 11 is 1.09. The van der Waals surface area contributed by atoms with Crippen LogP contribution in [0.4, 0.5) is 5.00 Å². The van der Waals surface area contributed by atoms with Crippen LogP contribution in [0.15, 0.2) is 22.7 Å². The first-order valence-electron chi connectivity index (χ1n) is 5.54. The van der Waals surface area contributed by atoms with Crippen molar-refractivity contribution in [1.82, 2.24) is 10.3 Å². The van der Waals surface area contributed by atoms with Crippen molar-refractivity contribution in [3.8, 4) is 10.6 Å². The molecule has 0 unspecified atom stereocenters. The summed E-state index contributed by atoms with van der Waals surface area (Å²) in [4.78, 5) is 15.1. The van der Waals surface area contributed by atoms with Gasteiger partial charge < -0.3 is 9.73 Å². The summed E-state index contributed by atoms with van der Waals surface area (Å²) in [6.07, 6.45) is 3.32. The van der Waals surface area contributed by atoms with Gasteiger partial charge >= 0.3 is 5.00 Å². The number of hydrogen-bond donors (Lipinski definition) is 1. The molecule has 96 valence electrons. The van der Waals surface area contributed by atoms with Gasteiger partial charge in [-0.2, -0.15) is 0 Å². The fourth-order valence-corrected chi connectivity index (χ4v) is 2.28. The standard InChI is InChI=1S/C11H13N3O3S/c1-12-6-2-3-10-13-7-8(17-10)9-4-5-11(18-9)14(15)16/h4-5,7,12H,2-3,6H2,1H3. The predicted octanol–water partition coefficient (Wildman–Crippen LogP) is 2.46. The van der Waals surface area contributed by atoms with Crippen LogP contribution in [0.2, 0.25) is 0 Å². The Morgan fingerprint density at radius 1 is 1.56 bits per heavy atom. The first kappa shape index (κ1) is 12.7. The van der Waals surface area contributed by atoms with Crippen LogP contribution >= 0.6 is 11.3 Å². The normalized spacial score (nSPS) is 10.7. The molecule has 0 bridgehead atoms. The molecule has 0 amide bonds. The number of nitrogens with zero attached hydrogens (tertiary/aromatic N) is 2. The van der Waals surface area contributed by atoms with Crippen molar-refractivity contribution in [2.75, 3.05) is 13.6 Å². The van der Waals surface area contributed by atoms with E-state index in [-0.39, 0.29) is 5.00 Å². The molecule has 6 nitrogen and oxygen atoms in total. The zero-order valence-electron chi connectivity index (χ0n) is 9.88. The van der Waals surface area contributed by atoms with Gasteiger partial charge in [0.1, 0.15) is 0 Å². The highest BCUT2D eigenvalue weighted by Gasteiger charge is 2.14. The Bertz CT molecular complexity index is 535. The molecular weight excluding hydrogens is 254 g/mol. The zero-order chi connectivity index (χ0) is 13.0. The van der Waals surface area contributed by atoms with Crippen LogP contribution < -0.4 is 5.32 Å². The molecule has 0 saturated carbocycles. The van der Waals surface area contributed by atoms with E-state index in [9.17, 15) is 10.1 Å². The average Bonchev–Trinajstić information content (AvgIpc) is 2.97. The van der Waals surface area contributed by atoms with E-state index in [0.29, 0.717) is 11.7 Å². The fraction of sp³-hybridized carbons (Fsp3) is 0.364. The summed E-state index contributed by atoms with van der Waals surface area (Å²) in [5.41, 5.74) is 0. The maximum atomic E-state index is 10.6.